The number of ether oxygens (including phenoxy) is 1. The summed E-state index contributed by atoms with van der Waals surface area (Å²) in [6.07, 6.45) is 6.15. The van der Waals surface area contributed by atoms with E-state index in [1.807, 2.05) is 42.6 Å². The van der Waals surface area contributed by atoms with Crippen molar-refractivity contribution in [3.05, 3.63) is 12.3 Å². The number of aryl methyl sites for hydroxylation is 1. The highest BCUT2D eigenvalue weighted by Crippen LogP contribution is 2.36. The quantitative estimate of drug-likeness (QED) is 0.605. The van der Waals surface area contributed by atoms with Crippen molar-refractivity contribution in [2.75, 3.05) is 6.54 Å². The van der Waals surface area contributed by atoms with Gasteiger partial charge in [-0.1, -0.05) is 6.42 Å². The normalized spacial score (nSPS) is 20.1. The molecule has 1 aromatic heterocycles. The Bertz CT molecular complexity index is 580. The second kappa shape index (κ2) is 7.99. The molecule has 142 valence electrons. The van der Waals surface area contributed by atoms with Gasteiger partial charge < -0.3 is 9.64 Å². The van der Waals surface area contributed by atoms with Gasteiger partial charge in [0, 0.05) is 24.8 Å². The highest BCUT2D eigenvalue weighted by atomic mass is 32.2. The van der Waals surface area contributed by atoms with Crippen molar-refractivity contribution in [3.8, 4) is 0 Å². The van der Waals surface area contributed by atoms with Gasteiger partial charge in [0.25, 0.3) is 0 Å². The topological polar surface area (TPSA) is 73.4 Å². The molecule has 2 heterocycles. The van der Waals surface area contributed by atoms with Crippen LogP contribution in [-0.4, -0.2) is 38.5 Å². The van der Waals surface area contributed by atoms with Crippen LogP contribution in [0.3, 0.4) is 0 Å². The van der Waals surface area contributed by atoms with E-state index in [0.29, 0.717) is 5.92 Å². The van der Waals surface area contributed by atoms with Crippen LogP contribution < -0.4 is 5.14 Å². The first-order valence-electron chi connectivity index (χ1n) is 9.01. The van der Waals surface area contributed by atoms with Crippen molar-refractivity contribution in [3.63, 3.8) is 0 Å². The van der Waals surface area contributed by atoms with Crippen molar-refractivity contribution in [2.24, 2.45) is 11.1 Å². The summed E-state index contributed by atoms with van der Waals surface area (Å²) in [7, 11) is 0. The highest BCUT2D eigenvalue weighted by molar-refractivity contribution is 7.97. The maximum atomic E-state index is 12.4. The fraction of sp³-hybridized carbons (Fsp3) is 0.778. The lowest BCUT2D eigenvalue weighted by Crippen LogP contribution is -2.45. The smallest absolute Gasteiger partial charge is 0.410 e. The van der Waals surface area contributed by atoms with E-state index in [2.05, 4.69) is 18.9 Å². The van der Waals surface area contributed by atoms with E-state index < -0.39 is 5.60 Å². The Morgan fingerprint density at radius 1 is 1.44 bits per heavy atom. The molecule has 6 nitrogen and oxygen atoms in total. The molecule has 0 saturated carbocycles. The maximum absolute atomic E-state index is 12.4. The molecule has 1 fully saturated rings. The minimum atomic E-state index is -0.449. The third-order valence-corrected chi connectivity index (χ3v) is 5.02. The fourth-order valence-electron chi connectivity index (χ4n) is 3.46. The van der Waals surface area contributed by atoms with E-state index in [1.54, 1.807) is 0 Å². The van der Waals surface area contributed by atoms with E-state index in [9.17, 15) is 4.79 Å². The van der Waals surface area contributed by atoms with Crippen LogP contribution in [0.4, 0.5) is 4.79 Å². The van der Waals surface area contributed by atoms with E-state index in [-0.39, 0.29) is 11.6 Å². The van der Waals surface area contributed by atoms with Gasteiger partial charge >= 0.3 is 6.09 Å². The number of nitrogens with two attached hydrogens (primary N) is 1. The van der Waals surface area contributed by atoms with Gasteiger partial charge in [-0.15, -0.1) is 0 Å². The zero-order valence-corrected chi connectivity index (χ0v) is 16.9. The predicted molar refractivity (Wildman–Crippen MR) is 101 cm³/mol. The summed E-state index contributed by atoms with van der Waals surface area (Å²) in [6.45, 7) is 11.7. The molecule has 0 bridgehead atoms. The van der Waals surface area contributed by atoms with Crippen LogP contribution >= 0.6 is 11.9 Å². The Morgan fingerprint density at radius 3 is 2.76 bits per heavy atom. The summed E-state index contributed by atoms with van der Waals surface area (Å²) in [5.74, 6) is 0.537. The van der Waals surface area contributed by atoms with Gasteiger partial charge in [0.2, 0.25) is 0 Å². The number of hydrogen-bond acceptors (Lipinski definition) is 5. The molecule has 0 aliphatic carbocycles. The standard InChI is InChI=1S/C18H32N4O2S/c1-17(2,3)24-16(23)22-13-14(12-18(22,4)5)8-6-7-10-21-11-9-15(20-21)25-19/h9,11,14H,6-8,10,12-13,19H2,1-5H3. The van der Waals surface area contributed by atoms with Crippen molar-refractivity contribution in [2.45, 2.75) is 83.0 Å². The van der Waals surface area contributed by atoms with Gasteiger partial charge in [0.1, 0.15) is 10.6 Å². The second-order valence-electron chi connectivity index (χ2n) is 8.50. The number of likely N-dealkylation sites (tertiary alicyclic amines) is 1. The summed E-state index contributed by atoms with van der Waals surface area (Å²) < 4.78 is 7.51. The van der Waals surface area contributed by atoms with E-state index in [4.69, 9.17) is 9.88 Å². The molecule has 0 radical (unpaired) electrons. The van der Waals surface area contributed by atoms with Crippen molar-refractivity contribution < 1.29 is 9.53 Å². The molecule has 2 rings (SSSR count). The number of unbranched alkanes of at least 4 members (excludes halogenated alkanes) is 1. The van der Waals surface area contributed by atoms with Crippen LogP contribution in [0.2, 0.25) is 0 Å². The number of amides is 1. The SMILES string of the molecule is CC(C)(C)OC(=O)N1CC(CCCCn2ccc(SN)n2)CC1(C)C. The largest absolute Gasteiger partial charge is 0.444 e. The zero-order valence-electron chi connectivity index (χ0n) is 16.1. The van der Waals surface area contributed by atoms with Crippen molar-refractivity contribution in [1.29, 1.82) is 0 Å². The molecule has 1 aliphatic rings. The minimum Gasteiger partial charge on any atom is -0.444 e. The lowest BCUT2D eigenvalue weighted by atomic mass is 9.93. The number of aromatic nitrogens is 2. The molecule has 1 aromatic rings. The first-order chi connectivity index (χ1) is 11.6. The van der Waals surface area contributed by atoms with Crippen LogP contribution in [0.5, 0.6) is 0 Å². The van der Waals surface area contributed by atoms with Crippen LogP contribution in [0.25, 0.3) is 0 Å². The van der Waals surface area contributed by atoms with Crippen molar-refractivity contribution in [1.82, 2.24) is 14.7 Å². The van der Waals surface area contributed by atoms with Gasteiger partial charge in [-0.05, 0) is 77.8 Å². The molecule has 1 saturated heterocycles. The average Bonchev–Trinajstić information content (AvgIpc) is 3.05. The highest BCUT2D eigenvalue weighted by Gasteiger charge is 2.42. The van der Waals surface area contributed by atoms with Crippen molar-refractivity contribution >= 4 is 18.0 Å². The molecular weight excluding hydrogens is 336 g/mol. The Hall–Kier alpha value is -1.21. The zero-order chi connectivity index (χ0) is 18.7. The summed E-state index contributed by atoms with van der Waals surface area (Å²) in [6, 6.07) is 1.93. The Labute approximate surface area is 155 Å². The summed E-state index contributed by atoms with van der Waals surface area (Å²) >= 11 is 1.17. The van der Waals surface area contributed by atoms with Gasteiger partial charge in [0.05, 0.1) is 0 Å². The number of hydrogen-bond donors (Lipinski definition) is 1. The Balaban J connectivity index is 1.77. The molecular formula is C18H32N4O2S. The molecule has 2 N–H and O–H groups in total. The van der Waals surface area contributed by atoms with Crippen LogP contribution in [0, 0.1) is 5.92 Å². The van der Waals surface area contributed by atoms with Crippen LogP contribution in [-0.2, 0) is 11.3 Å². The third-order valence-electron chi connectivity index (χ3n) is 4.56. The fourth-order valence-corrected chi connectivity index (χ4v) is 3.75. The molecule has 1 unspecified atom stereocenters. The summed E-state index contributed by atoms with van der Waals surface area (Å²) in [5, 5.41) is 10.7. The van der Waals surface area contributed by atoms with Crippen LogP contribution in [0.1, 0.15) is 60.3 Å². The number of rotatable bonds is 6. The molecule has 7 heteroatoms. The first kappa shape index (κ1) is 20.1. The number of carbonyl (C=O) groups excluding carboxylic acids is 1. The van der Waals surface area contributed by atoms with E-state index in [0.717, 1.165) is 43.8 Å². The molecule has 1 amide bonds. The molecule has 0 spiro atoms. The Morgan fingerprint density at radius 2 is 2.16 bits per heavy atom. The number of nitrogens with zero attached hydrogens (tertiary/aromatic N) is 3. The lowest BCUT2D eigenvalue weighted by molar-refractivity contribution is 0.0131. The van der Waals surface area contributed by atoms with Gasteiger partial charge in [-0.25, -0.2) is 4.79 Å². The average molecular weight is 369 g/mol. The van der Waals surface area contributed by atoms with E-state index in [1.165, 1.54) is 11.9 Å². The second-order valence-corrected chi connectivity index (χ2v) is 9.16. The molecule has 0 aromatic carbocycles. The maximum Gasteiger partial charge on any atom is 0.410 e. The van der Waals surface area contributed by atoms with Gasteiger partial charge in [-0.3, -0.25) is 9.82 Å². The van der Waals surface area contributed by atoms with Gasteiger partial charge in [0.15, 0.2) is 0 Å². The predicted octanol–water partition coefficient (Wildman–Crippen LogP) is 4.05. The molecule has 1 atom stereocenters. The number of carbonyl (C=O) groups is 1. The Kier molecular flexibility index (Phi) is 6.43. The summed E-state index contributed by atoms with van der Waals surface area (Å²) in [5.41, 5.74) is -0.585. The van der Waals surface area contributed by atoms with Crippen LogP contribution in [0.15, 0.2) is 17.3 Å². The van der Waals surface area contributed by atoms with E-state index >= 15 is 0 Å². The van der Waals surface area contributed by atoms with Gasteiger partial charge in [-0.2, -0.15) is 5.10 Å². The lowest BCUT2D eigenvalue weighted by Gasteiger charge is -2.33. The first-order valence-corrected chi connectivity index (χ1v) is 9.89. The monoisotopic (exact) mass is 368 g/mol. The third kappa shape index (κ3) is 5.92. The summed E-state index contributed by atoms with van der Waals surface area (Å²) in [4.78, 5) is 14.4. The minimum absolute atomic E-state index is 0.137. The molecule has 1 aliphatic heterocycles. The molecule has 25 heavy (non-hydrogen) atoms.